The predicted octanol–water partition coefficient (Wildman–Crippen LogP) is 2.99. The highest BCUT2D eigenvalue weighted by atomic mass is 32.2. The van der Waals surface area contributed by atoms with Gasteiger partial charge in [0.1, 0.15) is 0 Å². The average Bonchev–Trinajstić information content (AvgIpc) is 2.74. The number of nitrogens with zero attached hydrogens (tertiary/aromatic N) is 2. The van der Waals surface area contributed by atoms with Gasteiger partial charge in [-0.05, 0) is 24.6 Å². The number of aryl methyl sites for hydroxylation is 1. The van der Waals surface area contributed by atoms with Gasteiger partial charge in [-0.1, -0.05) is 39.0 Å². The maximum Gasteiger partial charge on any atom is 0.253 e. The number of thiazole rings is 1. The molecule has 2 aromatic rings. The highest BCUT2D eigenvalue weighted by Gasteiger charge is 2.21. The second-order valence-corrected chi connectivity index (χ2v) is 9.63. The van der Waals surface area contributed by atoms with E-state index in [9.17, 15) is 13.2 Å². The zero-order valence-electron chi connectivity index (χ0n) is 14.1. The standard InChI is InChI=1S/C16H22N2O3S2/c1-6-9-18-12-8-7-11(23(5,20)21)10-13(12)22-15(18)17-14(19)16(2,3)4/h7-8,10H,6,9H2,1-5H3. The molecule has 1 aromatic heterocycles. The van der Waals surface area contributed by atoms with E-state index < -0.39 is 15.3 Å². The van der Waals surface area contributed by atoms with Crippen LogP contribution in [0.1, 0.15) is 34.1 Å². The molecule has 0 N–H and O–H groups in total. The lowest BCUT2D eigenvalue weighted by atomic mass is 9.96. The quantitative estimate of drug-likeness (QED) is 0.851. The lowest BCUT2D eigenvalue weighted by Gasteiger charge is -2.11. The van der Waals surface area contributed by atoms with E-state index >= 15 is 0 Å². The third-order valence-corrected chi connectivity index (χ3v) is 5.52. The van der Waals surface area contributed by atoms with Crippen molar-refractivity contribution in [3.63, 3.8) is 0 Å². The van der Waals surface area contributed by atoms with Crippen LogP contribution in [-0.2, 0) is 21.2 Å². The number of fused-ring (bicyclic) bond motifs is 1. The molecule has 7 heteroatoms. The van der Waals surface area contributed by atoms with Gasteiger partial charge in [0, 0.05) is 18.2 Å². The summed E-state index contributed by atoms with van der Waals surface area (Å²) >= 11 is 1.35. The van der Waals surface area contributed by atoms with Crippen molar-refractivity contribution < 1.29 is 13.2 Å². The Hall–Kier alpha value is -1.47. The van der Waals surface area contributed by atoms with Crippen molar-refractivity contribution in [1.82, 2.24) is 4.57 Å². The largest absolute Gasteiger partial charge is 0.316 e. The normalized spacial score (nSPS) is 13.7. The van der Waals surface area contributed by atoms with Gasteiger partial charge in [0.2, 0.25) is 0 Å². The fourth-order valence-electron chi connectivity index (χ4n) is 2.06. The van der Waals surface area contributed by atoms with Crippen molar-refractivity contribution in [3.8, 4) is 0 Å². The first-order valence-corrected chi connectivity index (χ1v) is 10.2. The predicted molar refractivity (Wildman–Crippen MR) is 93.2 cm³/mol. The summed E-state index contributed by atoms with van der Waals surface area (Å²) in [7, 11) is -3.26. The van der Waals surface area contributed by atoms with Gasteiger partial charge in [-0.15, -0.1) is 0 Å². The third kappa shape index (κ3) is 3.90. The summed E-state index contributed by atoms with van der Waals surface area (Å²) in [5.41, 5.74) is 0.364. The minimum absolute atomic E-state index is 0.183. The average molecular weight is 354 g/mol. The number of hydrogen-bond acceptors (Lipinski definition) is 4. The number of carbonyl (C=O) groups is 1. The summed E-state index contributed by atoms with van der Waals surface area (Å²) in [5, 5.41) is 0. The highest BCUT2D eigenvalue weighted by Crippen LogP contribution is 2.23. The van der Waals surface area contributed by atoms with Gasteiger partial charge in [-0.2, -0.15) is 4.99 Å². The Morgan fingerprint density at radius 3 is 2.48 bits per heavy atom. The summed E-state index contributed by atoms with van der Waals surface area (Å²) in [6.07, 6.45) is 2.09. The van der Waals surface area contributed by atoms with Crippen molar-refractivity contribution in [2.24, 2.45) is 10.4 Å². The molecule has 0 unspecified atom stereocenters. The van der Waals surface area contributed by atoms with E-state index in [2.05, 4.69) is 11.9 Å². The number of sulfone groups is 1. The van der Waals surface area contributed by atoms with E-state index in [4.69, 9.17) is 0 Å². The first kappa shape index (κ1) is 17.9. The summed E-state index contributed by atoms with van der Waals surface area (Å²) in [6.45, 7) is 8.28. The fourth-order valence-corrected chi connectivity index (χ4v) is 3.88. The molecule has 0 bridgehead atoms. The maximum atomic E-state index is 12.2. The number of rotatable bonds is 3. The molecule has 0 radical (unpaired) electrons. The Balaban J connectivity index is 2.72. The van der Waals surface area contributed by atoms with Crippen LogP contribution in [0.4, 0.5) is 0 Å². The van der Waals surface area contributed by atoms with Gasteiger partial charge in [-0.25, -0.2) is 8.42 Å². The molecule has 1 amide bonds. The van der Waals surface area contributed by atoms with Gasteiger partial charge < -0.3 is 4.57 Å². The topological polar surface area (TPSA) is 68.5 Å². The molecule has 0 spiro atoms. The van der Waals surface area contributed by atoms with Gasteiger partial charge >= 0.3 is 0 Å². The lowest BCUT2D eigenvalue weighted by molar-refractivity contribution is -0.125. The van der Waals surface area contributed by atoms with Crippen molar-refractivity contribution in [2.45, 2.75) is 45.6 Å². The van der Waals surface area contributed by atoms with Crippen LogP contribution in [0.25, 0.3) is 10.2 Å². The van der Waals surface area contributed by atoms with E-state index in [0.29, 0.717) is 4.80 Å². The summed E-state index contributed by atoms with van der Waals surface area (Å²) in [5.74, 6) is -0.183. The smallest absolute Gasteiger partial charge is 0.253 e. The van der Waals surface area contributed by atoms with Crippen LogP contribution >= 0.6 is 11.3 Å². The Bertz CT molecular complexity index is 913. The zero-order chi connectivity index (χ0) is 17.4. The van der Waals surface area contributed by atoms with Crippen LogP contribution in [0.5, 0.6) is 0 Å². The van der Waals surface area contributed by atoms with E-state index in [0.717, 1.165) is 23.2 Å². The SMILES string of the molecule is CCCn1c(=NC(=O)C(C)(C)C)sc2cc(S(C)(=O)=O)ccc21. The molecular weight excluding hydrogens is 332 g/mol. The molecule has 0 aliphatic heterocycles. The van der Waals surface area contributed by atoms with Crippen LogP contribution in [0.15, 0.2) is 28.1 Å². The highest BCUT2D eigenvalue weighted by molar-refractivity contribution is 7.90. The van der Waals surface area contributed by atoms with Crippen LogP contribution in [-0.4, -0.2) is 25.1 Å². The van der Waals surface area contributed by atoms with Crippen molar-refractivity contribution in [1.29, 1.82) is 0 Å². The minimum atomic E-state index is -3.26. The molecule has 0 fully saturated rings. The van der Waals surface area contributed by atoms with Crippen LogP contribution in [0, 0.1) is 5.41 Å². The van der Waals surface area contributed by atoms with Gasteiger partial charge in [0.15, 0.2) is 14.6 Å². The summed E-state index contributed by atoms with van der Waals surface area (Å²) < 4.78 is 26.3. The molecule has 1 aromatic carbocycles. The van der Waals surface area contributed by atoms with E-state index in [1.807, 2.05) is 25.3 Å². The Morgan fingerprint density at radius 1 is 1.30 bits per heavy atom. The molecule has 0 atom stereocenters. The molecule has 0 aliphatic carbocycles. The Kier molecular flexibility index (Phi) is 4.82. The van der Waals surface area contributed by atoms with Crippen molar-refractivity contribution >= 4 is 37.3 Å². The number of hydrogen-bond donors (Lipinski definition) is 0. The first-order valence-electron chi connectivity index (χ1n) is 7.46. The van der Waals surface area contributed by atoms with Gasteiger partial charge in [0.25, 0.3) is 5.91 Å². The minimum Gasteiger partial charge on any atom is -0.316 e. The molecule has 2 rings (SSSR count). The van der Waals surface area contributed by atoms with Gasteiger partial charge in [0.05, 0.1) is 15.1 Å². The maximum absolute atomic E-state index is 12.2. The second-order valence-electron chi connectivity index (χ2n) is 6.60. The zero-order valence-corrected chi connectivity index (χ0v) is 15.7. The molecule has 0 saturated heterocycles. The second kappa shape index (κ2) is 6.20. The van der Waals surface area contributed by atoms with Gasteiger partial charge in [-0.3, -0.25) is 4.79 Å². The first-order chi connectivity index (χ1) is 10.5. The molecule has 23 heavy (non-hydrogen) atoms. The van der Waals surface area contributed by atoms with Crippen molar-refractivity contribution in [2.75, 3.05) is 6.26 Å². The summed E-state index contributed by atoms with van der Waals surface area (Å²) in [4.78, 5) is 17.4. The van der Waals surface area contributed by atoms with Crippen LogP contribution in [0.3, 0.4) is 0 Å². The molecule has 1 heterocycles. The number of aromatic nitrogens is 1. The van der Waals surface area contributed by atoms with Crippen molar-refractivity contribution in [3.05, 3.63) is 23.0 Å². The molecular formula is C16H22N2O3S2. The fraction of sp³-hybridized carbons (Fsp3) is 0.500. The monoisotopic (exact) mass is 354 g/mol. The van der Waals surface area contributed by atoms with Crippen LogP contribution < -0.4 is 4.80 Å². The number of benzene rings is 1. The third-order valence-electron chi connectivity index (χ3n) is 3.37. The Labute approximate surface area is 140 Å². The van der Waals surface area contributed by atoms with E-state index in [-0.39, 0.29) is 10.8 Å². The number of carbonyl (C=O) groups excluding carboxylic acids is 1. The van der Waals surface area contributed by atoms with E-state index in [1.54, 1.807) is 18.2 Å². The summed E-state index contributed by atoms with van der Waals surface area (Å²) in [6, 6.07) is 5.05. The Morgan fingerprint density at radius 2 is 1.96 bits per heavy atom. The van der Waals surface area contributed by atoms with E-state index in [1.165, 1.54) is 17.6 Å². The number of amides is 1. The molecule has 5 nitrogen and oxygen atoms in total. The molecule has 0 aliphatic rings. The van der Waals surface area contributed by atoms with Crippen LogP contribution in [0.2, 0.25) is 0 Å². The lowest BCUT2D eigenvalue weighted by Crippen LogP contribution is -2.23. The molecule has 126 valence electrons. The molecule has 0 saturated carbocycles.